The van der Waals surface area contributed by atoms with Crippen molar-refractivity contribution in [2.45, 2.75) is 58.5 Å². The Labute approximate surface area is 89.1 Å². The number of likely N-dealkylation sites (tertiary alicyclic amines) is 1. The van der Waals surface area contributed by atoms with Crippen molar-refractivity contribution in [2.24, 2.45) is 0 Å². The third-order valence-electron chi connectivity index (χ3n) is 3.27. The maximum absolute atomic E-state index is 3.75. The minimum absolute atomic E-state index is 0.522. The summed E-state index contributed by atoms with van der Waals surface area (Å²) < 4.78 is 0. The molecule has 0 unspecified atom stereocenters. The van der Waals surface area contributed by atoms with Gasteiger partial charge in [0.25, 0.3) is 0 Å². The zero-order chi connectivity index (χ0) is 10.6. The standard InChI is InChI=1S/C10H20N2.C2H6/c1-3-12-7-4-9(8-12)11-10(2)5-6-10;1-2/h9,11H,3-8H2,1-2H3;1-2H3/t9-;/m0./s1. The van der Waals surface area contributed by atoms with Gasteiger partial charge in [0.1, 0.15) is 0 Å². The number of nitrogens with zero attached hydrogens (tertiary/aromatic N) is 1. The van der Waals surface area contributed by atoms with E-state index in [0.717, 1.165) is 6.04 Å². The molecule has 84 valence electrons. The van der Waals surface area contributed by atoms with Crippen LogP contribution in [0.4, 0.5) is 0 Å². The van der Waals surface area contributed by atoms with Gasteiger partial charge in [-0.1, -0.05) is 20.8 Å². The lowest BCUT2D eigenvalue weighted by molar-refractivity contribution is 0.337. The smallest absolute Gasteiger partial charge is 0.0212 e. The first-order chi connectivity index (χ1) is 6.72. The zero-order valence-electron chi connectivity index (χ0n) is 10.3. The third-order valence-corrected chi connectivity index (χ3v) is 3.27. The lowest BCUT2D eigenvalue weighted by Gasteiger charge is -2.18. The Morgan fingerprint density at radius 2 is 2.00 bits per heavy atom. The van der Waals surface area contributed by atoms with Crippen LogP contribution in [0, 0.1) is 0 Å². The van der Waals surface area contributed by atoms with Crippen LogP contribution in [0.5, 0.6) is 0 Å². The molecule has 1 aliphatic heterocycles. The normalized spacial score (nSPS) is 29.6. The van der Waals surface area contributed by atoms with E-state index in [9.17, 15) is 0 Å². The summed E-state index contributed by atoms with van der Waals surface area (Å²) in [7, 11) is 0. The molecule has 2 aliphatic rings. The summed E-state index contributed by atoms with van der Waals surface area (Å²) in [5.41, 5.74) is 0.522. The number of rotatable bonds is 3. The van der Waals surface area contributed by atoms with E-state index in [2.05, 4.69) is 24.1 Å². The van der Waals surface area contributed by atoms with Gasteiger partial charge in [0.05, 0.1) is 0 Å². The SMILES string of the molecule is CC.CCN1CC[C@H](NC2(C)CC2)C1. The number of hydrogen-bond acceptors (Lipinski definition) is 2. The van der Waals surface area contributed by atoms with Crippen LogP contribution in [0.1, 0.15) is 47.0 Å². The predicted octanol–water partition coefficient (Wildman–Crippen LogP) is 2.25. The van der Waals surface area contributed by atoms with Crippen molar-refractivity contribution in [3.05, 3.63) is 0 Å². The van der Waals surface area contributed by atoms with Crippen LogP contribution in [0.2, 0.25) is 0 Å². The van der Waals surface area contributed by atoms with Crippen LogP contribution in [-0.4, -0.2) is 36.1 Å². The molecule has 0 spiro atoms. The van der Waals surface area contributed by atoms with E-state index in [1.54, 1.807) is 0 Å². The van der Waals surface area contributed by atoms with Gasteiger partial charge in [-0.25, -0.2) is 0 Å². The van der Waals surface area contributed by atoms with Crippen molar-refractivity contribution in [3.63, 3.8) is 0 Å². The highest BCUT2D eigenvalue weighted by atomic mass is 15.2. The summed E-state index contributed by atoms with van der Waals surface area (Å²) >= 11 is 0. The van der Waals surface area contributed by atoms with E-state index >= 15 is 0 Å². The zero-order valence-corrected chi connectivity index (χ0v) is 10.3. The average molecular weight is 198 g/mol. The molecule has 1 heterocycles. The molecule has 2 nitrogen and oxygen atoms in total. The molecule has 14 heavy (non-hydrogen) atoms. The predicted molar refractivity (Wildman–Crippen MR) is 62.6 cm³/mol. The highest BCUT2D eigenvalue weighted by Gasteiger charge is 2.39. The average Bonchev–Trinajstić information content (AvgIpc) is 2.77. The molecule has 0 bridgehead atoms. The molecule has 0 aromatic carbocycles. The molecule has 1 saturated heterocycles. The van der Waals surface area contributed by atoms with Gasteiger partial charge in [-0.05, 0) is 39.3 Å². The van der Waals surface area contributed by atoms with Crippen LogP contribution in [0.3, 0.4) is 0 Å². The molecule has 1 aliphatic carbocycles. The Kier molecular flexibility index (Phi) is 4.39. The van der Waals surface area contributed by atoms with Crippen LogP contribution >= 0.6 is 0 Å². The van der Waals surface area contributed by atoms with E-state index < -0.39 is 0 Å². The maximum Gasteiger partial charge on any atom is 0.0212 e. The first-order valence-electron chi connectivity index (χ1n) is 6.22. The van der Waals surface area contributed by atoms with Gasteiger partial charge in [-0.15, -0.1) is 0 Å². The molecular formula is C12H26N2. The Morgan fingerprint density at radius 1 is 1.36 bits per heavy atom. The van der Waals surface area contributed by atoms with E-state index in [1.807, 2.05) is 13.8 Å². The van der Waals surface area contributed by atoms with Gasteiger partial charge in [-0.3, -0.25) is 0 Å². The van der Waals surface area contributed by atoms with Crippen molar-refractivity contribution in [1.82, 2.24) is 10.2 Å². The fourth-order valence-corrected chi connectivity index (χ4v) is 2.06. The first kappa shape index (κ1) is 12.0. The molecule has 2 fully saturated rings. The van der Waals surface area contributed by atoms with Gasteiger partial charge in [0.15, 0.2) is 0 Å². The molecule has 0 amide bonds. The van der Waals surface area contributed by atoms with Crippen LogP contribution in [-0.2, 0) is 0 Å². The van der Waals surface area contributed by atoms with Crippen LogP contribution in [0.25, 0.3) is 0 Å². The van der Waals surface area contributed by atoms with E-state index in [0.29, 0.717) is 5.54 Å². The van der Waals surface area contributed by atoms with Gasteiger partial charge in [-0.2, -0.15) is 0 Å². The highest BCUT2D eigenvalue weighted by Crippen LogP contribution is 2.35. The van der Waals surface area contributed by atoms with Gasteiger partial charge in [0, 0.05) is 18.1 Å². The van der Waals surface area contributed by atoms with Crippen molar-refractivity contribution in [3.8, 4) is 0 Å². The molecule has 0 aromatic heterocycles. The molecule has 0 radical (unpaired) electrons. The molecule has 2 heteroatoms. The van der Waals surface area contributed by atoms with E-state index in [-0.39, 0.29) is 0 Å². The van der Waals surface area contributed by atoms with Crippen LogP contribution in [0.15, 0.2) is 0 Å². The summed E-state index contributed by atoms with van der Waals surface area (Å²) in [6, 6.07) is 0.775. The Morgan fingerprint density at radius 3 is 2.43 bits per heavy atom. The van der Waals surface area contributed by atoms with E-state index in [4.69, 9.17) is 0 Å². The number of hydrogen-bond donors (Lipinski definition) is 1. The molecular weight excluding hydrogens is 172 g/mol. The molecule has 2 rings (SSSR count). The minimum atomic E-state index is 0.522. The lowest BCUT2D eigenvalue weighted by atomic mass is 10.2. The molecule has 1 saturated carbocycles. The highest BCUT2D eigenvalue weighted by molar-refractivity contribution is 5.00. The van der Waals surface area contributed by atoms with Crippen molar-refractivity contribution in [1.29, 1.82) is 0 Å². The Bertz CT molecular complexity index is 164. The second kappa shape index (κ2) is 5.13. The molecule has 0 aromatic rings. The largest absolute Gasteiger partial charge is 0.307 e. The second-order valence-electron chi connectivity index (χ2n) is 4.58. The van der Waals surface area contributed by atoms with Gasteiger partial charge in [0.2, 0.25) is 0 Å². The van der Waals surface area contributed by atoms with Crippen molar-refractivity contribution >= 4 is 0 Å². The minimum Gasteiger partial charge on any atom is -0.307 e. The molecule has 1 N–H and O–H groups in total. The fraction of sp³-hybridized carbons (Fsp3) is 1.00. The third kappa shape index (κ3) is 3.25. The van der Waals surface area contributed by atoms with Gasteiger partial charge < -0.3 is 10.2 Å². The summed E-state index contributed by atoms with van der Waals surface area (Å²) in [5, 5.41) is 3.75. The Hall–Kier alpha value is -0.0800. The monoisotopic (exact) mass is 198 g/mol. The van der Waals surface area contributed by atoms with Gasteiger partial charge >= 0.3 is 0 Å². The summed E-state index contributed by atoms with van der Waals surface area (Å²) in [6.45, 7) is 12.4. The maximum atomic E-state index is 3.75. The summed E-state index contributed by atoms with van der Waals surface area (Å²) in [4.78, 5) is 2.53. The number of nitrogens with one attached hydrogen (secondary N) is 1. The molecule has 1 atom stereocenters. The van der Waals surface area contributed by atoms with Crippen molar-refractivity contribution < 1.29 is 0 Å². The summed E-state index contributed by atoms with van der Waals surface area (Å²) in [5.74, 6) is 0. The number of likely N-dealkylation sites (N-methyl/N-ethyl adjacent to an activating group) is 1. The fourth-order valence-electron chi connectivity index (χ4n) is 2.06. The second-order valence-corrected chi connectivity index (χ2v) is 4.58. The van der Waals surface area contributed by atoms with Crippen molar-refractivity contribution in [2.75, 3.05) is 19.6 Å². The lowest BCUT2D eigenvalue weighted by Crippen LogP contribution is -2.39. The van der Waals surface area contributed by atoms with E-state index in [1.165, 1.54) is 38.9 Å². The Balaban J connectivity index is 0.000000461. The quantitative estimate of drug-likeness (QED) is 0.748. The first-order valence-corrected chi connectivity index (χ1v) is 6.22. The summed E-state index contributed by atoms with van der Waals surface area (Å²) in [6.07, 6.45) is 4.12. The van der Waals surface area contributed by atoms with Crippen LogP contribution < -0.4 is 5.32 Å². The topological polar surface area (TPSA) is 15.3 Å².